The molecule has 0 aliphatic heterocycles. The zero-order chi connectivity index (χ0) is 31.1. The highest BCUT2D eigenvalue weighted by Crippen LogP contribution is 2.31. The number of nitrogens with one attached hydrogen (secondary N) is 3. The molecule has 0 fully saturated rings. The van der Waals surface area contributed by atoms with Crippen LogP contribution >= 0.6 is 34.7 Å². The van der Waals surface area contributed by atoms with E-state index in [0.717, 1.165) is 20.9 Å². The van der Waals surface area contributed by atoms with Gasteiger partial charge >= 0.3 is 0 Å². The summed E-state index contributed by atoms with van der Waals surface area (Å²) in [5.74, 6) is -0.450. The van der Waals surface area contributed by atoms with Gasteiger partial charge in [-0.2, -0.15) is 0 Å². The van der Waals surface area contributed by atoms with Crippen molar-refractivity contribution in [2.24, 2.45) is 0 Å². The van der Waals surface area contributed by atoms with E-state index >= 15 is 0 Å². The number of carbonyl (C=O) groups is 3. The number of amides is 3. The number of nitrogens with zero attached hydrogens (tertiary/aromatic N) is 1. The molecule has 4 aromatic carbocycles. The molecule has 8 nitrogen and oxygen atoms in total. The number of carbonyl (C=O) groups excluding carboxylic acids is 3. The van der Waals surface area contributed by atoms with Crippen LogP contribution in [0.15, 0.2) is 108 Å². The molecule has 3 N–H and O–H groups in total. The normalized spacial score (nSPS) is 11.9. The van der Waals surface area contributed by atoms with E-state index in [-0.39, 0.29) is 11.6 Å². The predicted molar refractivity (Wildman–Crippen MR) is 179 cm³/mol. The molecule has 3 amide bonds. The fourth-order valence-corrected chi connectivity index (χ4v) is 6.10. The standard InChI is InChI=1S/C33H27ClN4O4S2/c1-20(30(39)38-33-37-27-16-15-24(42-2)19-29(27)44-33)43-25-13-8-12-23(18-25)35-32(41)28(17-22-11-6-7-14-26(22)34)36-31(40)21-9-4-3-5-10-21/h3-20H,1-2H3,(H,35,41)(H,36,40)(H,37,38,39)/b28-17+. The Morgan fingerprint density at radius 1 is 0.932 bits per heavy atom. The topological polar surface area (TPSA) is 109 Å². The Labute approximate surface area is 267 Å². The maximum atomic E-state index is 13.4. The minimum Gasteiger partial charge on any atom is -0.497 e. The molecule has 1 unspecified atom stereocenters. The van der Waals surface area contributed by atoms with Gasteiger partial charge in [-0.05, 0) is 73.2 Å². The van der Waals surface area contributed by atoms with Gasteiger partial charge in [0.2, 0.25) is 5.91 Å². The summed E-state index contributed by atoms with van der Waals surface area (Å²) < 4.78 is 6.17. The van der Waals surface area contributed by atoms with Crippen LogP contribution < -0.4 is 20.7 Å². The van der Waals surface area contributed by atoms with E-state index < -0.39 is 17.1 Å². The second-order valence-electron chi connectivity index (χ2n) is 9.48. The smallest absolute Gasteiger partial charge is 0.272 e. The highest BCUT2D eigenvalue weighted by atomic mass is 35.5. The molecule has 44 heavy (non-hydrogen) atoms. The van der Waals surface area contributed by atoms with Crippen LogP contribution in [0.4, 0.5) is 10.8 Å². The lowest BCUT2D eigenvalue weighted by Gasteiger charge is -2.14. The maximum Gasteiger partial charge on any atom is 0.272 e. The van der Waals surface area contributed by atoms with Gasteiger partial charge in [0.25, 0.3) is 11.8 Å². The first-order valence-electron chi connectivity index (χ1n) is 13.4. The summed E-state index contributed by atoms with van der Waals surface area (Å²) in [5.41, 5.74) is 2.27. The van der Waals surface area contributed by atoms with Crippen LogP contribution in [0, 0.1) is 0 Å². The number of anilines is 2. The lowest BCUT2D eigenvalue weighted by molar-refractivity contribution is -0.115. The van der Waals surface area contributed by atoms with Gasteiger partial charge in [-0.3, -0.25) is 14.4 Å². The van der Waals surface area contributed by atoms with E-state index in [2.05, 4.69) is 20.9 Å². The molecular weight excluding hydrogens is 616 g/mol. The van der Waals surface area contributed by atoms with Crippen molar-refractivity contribution in [3.8, 4) is 5.75 Å². The summed E-state index contributed by atoms with van der Waals surface area (Å²) in [6.07, 6.45) is 1.53. The van der Waals surface area contributed by atoms with Gasteiger partial charge in [-0.15, -0.1) is 11.8 Å². The summed E-state index contributed by atoms with van der Waals surface area (Å²) >= 11 is 9.04. The minimum absolute atomic E-state index is 0.0196. The lowest BCUT2D eigenvalue weighted by atomic mass is 10.1. The van der Waals surface area contributed by atoms with Crippen molar-refractivity contribution in [2.75, 3.05) is 17.7 Å². The van der Waals surface area contributed by atoms with Crippen LogP contribution in [0.1, 0.15) is 22.8 Å². The van der Waals surface area contributed by atoms with Crippen LogP contribution in [0.5, 0.6) is 5.75 Å². The van der Waals surface area contributed by atoms with Crippen LogP contribution in [-0.2, 0) is 9.59 Å². The van der Waals surface area contributed by atoms with Gasteiger partial charge < -0.3 is 20.7 Å². The minimum atomic E-state index is -0.533. The molecule has 11 heteroatoms. The molecule has 1 heterocycles. The van der Waals surface area contributed by atoms with E-state index in [0.29, 0.717) is 27.0 Å². The average molecular weight is 643 g/mol. The first-order valence-corrected chi connectivity index (χ1v) is 15.5. The van der Waals surface area contributed by atoms with Crippen LogP contribution in [0.3, 0.4) is 0 Å². The second kappa shape index (κ2) is 14.2. The highest BCUT2D eigenvalue weighted by molar-refractivity contribution is 8.00. The van der Waals surface area contributed by atoms with E-state index in [9.17, 15) is 14.4 Å². The van der Waals surface area contributed by atoms with Gasteiger partial charge in [0.05, 0.1) is 22.6 Å². The molecule has 0 aliphatic carbocycles. The number of fused-ring (bicyclic) bond motifs is 1. The zero-order valence-corrected chi connectivity index (χ0v) is 26.1. The number of aromatic nitrogens is 1. The van der Waals surface area contributed by atoms with Crippen molar-refractivity contribution in [1.29, 1.82) is 0 Å². The summed E-state index contributed by atoms with van der Waals surface area (Å²) in [6, 6.07) is 28.3. The van der Waals surface area contributed by atoms with E-state index in [4.69, 9.17) is 16.3 Å². The van der Waals surface area contributed by atoms with Crippen LogP contribution in [-0.4, -0.2) is 35.1 Å². The number of ether oxygens (including phenoxy) is 1. The number of thiazole rings is 1. The molecular formula is C33H27ClN4O4S2. The number of thioether (sulfide) groups is 1. The summed E-state index contributed by atoms with van der Waals surface area (Å²) in [6.45, 7) is 1.80. The molecule has 0 saturated heterocycles. The molecule has 5 rings (SSSR count). The zero-order valence-electron chi connectivity index (χ0n) is 23.7. The van der Waals surface area contributed by atoms with Crippen LogP contribution in [0.2, 0.25) is 5.02 Å². The maximum absolute atomic E-state index is 13.4. The number of methoxy groups -OCH3 is 1. The Morgan fingerprint density at radius 2 is 1.70 bits per heavy atom. The second-order valence-corrected chi connectivity index (χ2v) is 12.3. The van der Waals surface area contributed by atoms with Crippen molar-refractivity contribution >= 4 is 79.5 Å². The molecule has 1 atom stereocenters. The van der Waals surface area contributed by atoms with Gasteiger partial charge in [0.1, 0.15) is 11.4 Å². The first kappa shape index (κ1) is 30.8. The van der Waals surface area contributed by atoms with Gasteiger partial charge in [-0.25, -0.2) is 4.98 Å². The number of hydrogen-bond donors (Lipinski definition) is 3. The number of benzene rings is 4. The van der Waals surface area contributed by atoms with Crippen molar-refractivity contribution in [1.82, 2.24) is 10.3 Å². The Hall–Kier alpha value is -4.64. The number of rotatable bonds is 10. The monoisotopic (exact) mass is 642 g/mol. The molecule has 5 aromatic rings. The average Bonchev–Trinajstić information content (AvgIpc) is 3.43. The third-order valence-electron chi connectivity index (χ3n) is 6.33. The van der Waals surface area contributed by atoms with E-state index in [1.807, 2.05) is 24.3 Å². The Kier molecular flexibility index (Phi) is 9.96. The quantitative estimate of drug-likeness (QED) is 0.108. The third-order valence-corrected chi connectivity index (χ3v) is 8.71. The molecule has 0 saturated carbocycles. The van der Waals surface area contributed by atoms with E-state index in [1.54, 1.807) is 86.8 Å². The fraction of sp³-hybridized carbons (Fsp3) is 0.0909. The van der Waals surface area contributed by atoms with Crippen molar-refractivity contribution in [3.05, 3.63) is 119 Å². The molecule has 0 bridgehead atoms. The first-order chi connectivity index (χ1) is 21.3. The van der Waals surface area contributed by atoms with Crippen LogP contribution in [0.25, 0.3) is 16.3 Å². The number of hydrogen-bond acceptors (Lipinski definition) is 7. The van der Waals surface area contributed by atoms with Crippen molar-refractivity contribution < 1.29 is 19.1 Å². The summed E-state index contributed by atoms with van der Waals surface area (Å²) in [4.78, 5) is 44.6. The predicted octanol–water partition coefficient (Wildman–Crippen LogP) is 7.49. The van der Waals surface area contributed by atoms with Gasteiger partial charge in [0.15, 0.2) is 5.13 Å². The molecule has 0 spiro atoms. The Balaban J connectivity index is 1.28. The fourth-order valence-electron chi connectivity index (χ4n) is 4.09. The molecule has 222 valence electrons. The van der Waals surface area contributed by atoms with Gasteiger partial charge in [0, 0.05) is 21.2 Å². The highest BCUT2D eigenvalue weighted by Gasteiger charge is 2.19. The SMILES string of the molecule is COc1ccc2nc(NC(=O)C(C)Sc3cccc(NC(=O)/C(=C\c4ccccc4Cl)NC(=O)c4ccccc4)c3)sc2c1. The Morgan fingerprint density at radius 3 is 2.48 bits per heavy atom. The van der Waals surface area contributed by atoms with Crippen molar-refractivity contribution in [2.45, 2.75) is 17.1 Å². The summed E-state index contributed by atoms with van der Waals surface area (Å²) in [7, 11) is 1.60. The Bertz CT molecular complexity index is 1860. The molecule has 0 aliphatic rings. The van der Waals surface area contributed by atoms with Crippen molar-refractivity contribution in [3.63, 3.8) is 0 Å². The summed E-state index contributed by atoms with van der Waals surface area (Å²) in [5, 5.41) is 8.93. The molecule has 0 radical (unpaired) electrons. The number of halogens is 1. The third kappa shape index (κ3) is 7.84. The van der Waals surface area contributed by atoms with Gasteiger partial charge in [-0.1, -0.05) is 65.4 Å². The molecule has 1 aromatic heterocycles. The largest absolute Gasteiger partial charge is 0.497 e. The lowest BCUT2D eigenvalue weighted by Crippen LogP contribution is -2.30. The van der Waals surface area contributed by atoms with E-state index in [1.165, 1.54) is 29.2 Å².